The Kier molecular flexibility index (Phi) is 5.69. The summed E-state index contributed by atoms with van der Waals surface area (Å²) in [6.07, 6.45) is 0. The minimum Gasteiger partial charge on any atom is -0.502 e. The van der Waals surface area contributed by atoms with Crippen LogP contribution in [0.1, 0.15) is 33.3 Å². The predicted molar refractivity (Wildman–Crippen MR) is 81.5 cm³/mol. The second-order valence-corrected chi connectivity index (χ2v) is 6.25. The molecule has 0 heterocycles. The molecule has 4 heteroatoms. The van der Waals surface area contributed by atoms with Crippen molar-refractivity contribution in [3.05, 3.63) is 17.7 Å². The van der Waals surface area contributed by atoms with Gasteiger partial charge in [0.05, 0.1) is 14.2 Å². The van der Waals surface area contributed by atoms with E-state index < -0.39 is 0 Å². The molecule has 4 nitrogen and oxygen atoms in total. The molecule has 1 rings (SSSR count). The molecule has 0 radical (unpaired) electrons. The van der Waals surface area contributed by atoms with Crippen LogP contribution < -0.4 is 14.8 Å². The summed E-state index contributed by atoms with van der Waals surface area (Å²) >= 11 is 0. The van der Waals surface area contributed by atoms with Gasteiger partial charge in [-0.25, -0.2) is 0 Å². The molecule has 0 amide bonds. The molecule has 0 spiro atoms. The molecule has 0 aliphatic heterocycles. The average Bonchev–Trinajstić information content (AvgIpc) is 2.38. The fraction of sp³-hybridized carbons (Fsp3) is 0.625. The van der Waals surface area contributed by atoms with E-state index in [9.17, 15) is 5.11 Å². The standard InChI is InChI=1S/C16H27NO3/c1-11(16(2,3)4)9-17-10-12-7-13(19-5)15(18)14(8-12)20-6/h7-8,11,17-18H,9-10H2,1-6H3. The van der Waals surface area contributed by atoms with E-state index in [0.717, 1.165) is 12.1 Å². The highest BCUT2D eigenvalue weighted by Crippen LogP contribution is 2.37. The molecule has 0 saturated heterocycles. The van der Waals surface area contributed by atoms with Gasteiger partial charge in [-0.3, -0.25) is 0 Å². The molecule has 0 saturated carbocycles. The third-order valence-electron chi connectivity index (χ3n) is 3.80. The summed E-state index contributed by atoms with van der Waals surface area (Å²) in [5, 5.41) is 13.3. The zero-order valence-corrected chi connectivity index (χ0v) is 13.4. The molecule has 2 N–H and O–H groups in total. The summed E-state index contributed by atoms with van der Waals surface area (Å²) < 4.78 is 10.3. The second-order valence-electron chi connectivity index (χ2n) is 6.25. The quantitative estimate of drug-likeness (QED) is 0.841. The number of nitrogens with one attached hydrogen (secondary N) is 1. The van der Waals surface area contributed by atoms with Gasteiger partial charge in [-0.15, -0.1) is 0 Å². The van der Waals surface area contributed by atoms with Crippen LogP contribution in [-0.4, -0.2) is 25.9 Å². The molecule has 0 bridgehead atoms. The number of phenolic OH excluding ortho intramolecular Hbond substituents is 1. The van der Waals surface area contributed by atoms with Crippen LogP contribution in [0.5, 0.6) is 17.2 Å². The lowest BCUT2D eigenvalue weighted by molar-refractivity contribution is 0.252. The van der Waals surface area contributed by atoms with Gasteiger partial charge in [-0.2, -0.15) is 0 Å². The number of benzene rings is 1. The minimum atomic E-state index is 0.0433. The van der Waals surface area contributed by atoms with E-state index in [1.54, 1.807) is 0 Å². The van der Waals surface area contributed by atoms with Crippen molar-refractivity contribution in [1.29, 1.82) is 0 Å². The predicted octanol–water partition coefficient (Wildman–Crippen LogP) is 3.18. The van der Waals surface area contributed by atoms with E-state index in [0.29, 0.717) is 24.0 Å². The van der Waals surface area contributed by atoms with Gasteiger partial charge in [0.15, 0.2) is 11.5 Å². The molecule has 0 aliphatic carbocycles. The zero-order valence-electron chi connectivity index (χ0n) is 13.4. The number of ether oxygens (including phenoxy) is 2. The van der Waals surface area contributed by atoms with Gasteiger partial charge < -0.3 is 19.9 Å². The largest absolute Gasteiger partial charge is 0.502 e. The molecule has 0 fully saturated rings. The summed E-state index contributed by atoms with van der Waals surface area (Å²) in [5.41, 5.74) is 1.31. The number of hydrogen-bond acceptors (Lipinski definition) is 4. The Morgan fingerprint density at radius 3 is 2.05 bits per heavy atom. The van der Waals surface area contributed by atoms with Gasteiger partial charge in [-0.05, 0) is 35.6 Å². The Bertz CT molecular complexity index is 413. The van der Waals surface area contributed by atoms with E-state index in [1.807, 2.05) is 12.1 Å². The highest BCUT2D eigenvalue weighted by Gasteiger charge is 2.19. The van der Waals surface area contributed by atoms with Crippen molar-refractivity contribution in [3.8, 4) is 17.2 Å². The first-order valence-corrected chi connectivity index (χ1v) is 6.94. The molecule has 1 aromatic rings. The van der Waals surface area contributed by atoms with Crippen molar-refractivity contribution in [2.45, 2.75) is 34.2 Å². The van der Waals surface area contributed by atoms with Crippen LogP contribution in [0.2, 0.25) is 0 Å². The maximum Gasteiger partial charge on any atom is 0.200 e. The molecule has 114 valence electrons. The topological polar surface area (TPSA) is 50.7 Å². The van der Waals surface area contributed by atoms with Crippen LogP contribution in [0.15, 0.2) is 12.1 Å². The molecular weight excluding hydrogens is 254 g/mol. The van der Waals surface area contributed by atoms with Crippen molar-refractivity contribution >= 4 is 0 Å². The number of methoxy groups -OCH3 is 2. The van der Waals surface area contributed by atoms with Crippen LogP contribution in [0.25, 0.3) is 0 Å². The molecule has 1 unspecified atom stereocenters. The summed E-state index contributed by atoms with van der Waals surface area (Å²) in [7, 11) is 3.07. The van der Waals surface area contributed by atoms with Gasteiger partial charge in [0, 0.05) is 6.54 Å². The van der Waals surface area contributed by atoms with Crippen molar-refractivity contribution in [2.24, 2.45) is 11.3 Å². The average molecular weight is 281 g/mol. The van der Waals surface area contributed by atoms with Crippen LogP contribution in [0.3, 0.4) is 0 Å². The molecular formula is C16H27NO3. The summed E-state index contributed by atoms with van der Waals surface area (Å²) in [6.45, 7) is 10.6. The summed E-state index contributed by atoms with van der Waals surface area (Å²) in [6, 6.07) is 3.65. The van der Waals surface area contributed by atoms with Crippen LogP contribution in [0.4, 0.5) is 0 Å². The number of rotatable bonds is 6. The fourth-order valence-electron chi connectivity index (χ4n) is 1.79. The third-order valence-corrected chi connectivity index (χ3v) is 3.80. The first-order chi connectivity index (χ1) is 9.29. The van der Waals surface area contributed by atoms with E-state index in [2.05, 4.69) is 33.0 Å². The first-order valence-electron chi connectivity index (χ1n) is 6.94. The van der Waals surface area contributed by atoms with Gasteiger partial charge >= 0.3 is 0 Å². The maximum absolute atomic E-state index is 9.86. The molecule has 0 aliphatic rings. The Labute approximate surface area is 122 Å². The Hall–Kier alpha value is -1.42. The van der Waals surface area contributed by atoms with E-state index in [-0.39, 0.29) is 11.2 Å². The Morgan fingerprint density at radius 2 is 1.65 bits per heavy atom. The third kappa shape index (κ3) is 4.30. The number of hydrogen-bond donors (Lipinski definition) is 2. The lowest BCUT2D eigenvalue weighted by Crippen LogP contribution is -2.29. The van der Waals surface area contributed by atoms with Crippen molar-refractivity contribution in [3.63, 3.8) is 0 Å². The fourth-order valence-corrected chi connectivity index (χ4v) is 1.79. The lowest BCUT2D eigenvalue weighted by atomic mass is 9.82. The SMILES string of the molecule is COc1cc(CNCC(C)C(C)(C)C)cc(OC)c1O. The second kappa shape index (κ2) is 6.84. The van der Waals surface area contributed by atoms with E-state index in [4.69, 9.17) is 9.47 Å². The van der Waals surface area contributed by atoms with Gasteiger partial charge in [-0.1, -0.05) is 27.7 Å². The highest BCUT2D eigenvalue weighted by molar-refractivity contribution is 5.52. The monoisotopic (exact) mass is 281 g/mol. The normalized spacial score (nSPS) is 13.1. The van der Waals surface area contributed by atoms with Crippen molar-refractivity contribution < 1.29 is 14.6 Å². The Balaban J connectivity index is 2.69. The molecule has 0 aromatic heterocycles. The zero-order chi connectivity index (χ0) is 15.3. The molecule has 20 heavy (non-hydrogen) atoms. The van der Waals surface area contributed by atoms with Crippen LogP contribution in [-0.2, 0) is 6.54 Å². The van der Waals surface area contributed by atoms with Crippen LogP contribution in [0, 0.1) is 11.3 Å². The lowest BCUT2D eigenvalue weighted by Gasteiger charge is -2.27. The molecule has 1 aromatic carbocycles. The van der Waals surface area contributed by atoms with Gasteiger partial charge in [0.25, 0.3) is 0 Å². The molecule has 1 atom stereocenters. The van der Waals surface area contributed by atoms with E-state index >= 15 is 0 Å². The maximum atomic E-state index is 9.86. The van der Waals surface area contributed by atoms with Crippen LogP contribution >= 0.6 is 0 Å². The first kappa shape index (κ1) is 16.6. The van der Waals surface area contributed by atoms with Gasteiger partial charge in [0.1, 0.15) is 0 Å². The van der Waals surface area contributed by atoms with Crippen molar-refractivity contribution in [1.82, 2.24) is 5.32 Å². The summed E-state index contributed by atoms with van der Waals surface area (Å²) in [5.74, 6) is 1.49. The number of phenols is 1. The number of aromatic hydroxyl groups is 1. The Morgan fingerprint density at radius 1 is 1.15 bits per heavy atom. The minimum absolute atomic E-state index is 0.0433. The smallest absolute Gasteiger partial charge is 0.200 e. The van der Waals surface area contributed by atoms with E-state index in [1.165, 1.54) is 14.2 Å². The highest BCUT2D eigenvalue weighted by atomic mass is 16.5. The summed E-state index contributed by atoms with van der Waals surface area (Å²) in [4.78, 5) is 0. The van der Waals surface area contributed by atoms with Crippen molar-refractivity contribution in [2.75, 3.05) is 20.8 Å². The van der Waals surface area contributed by atoms with Gasteiger partial charge in [0.2, 0.25) is 5.75 Å².